The van der Waals surface area contributed by atoms with Crippen molar-refractivity contribution >= 4 is 5.97 Å². The van der Waals surface area contributed by atoms with E-state index in [2.05, 4.69) is 10.9 Å². The smallest absolute Gasteiger partial charge is 0.382 e. The Bertz CT molecular complexity index is 343. The van der Waals surface area contributed by atoms with Crippen LogP contribution >= 0.6 is 0 Å². The molecule has 0 aliphatic carbocycles. The monoisotopic (exact) mass is 161 g/mol. The van der Waals surface area contributed by atoms with Crippen molar-refractivity contribution in [2.45, 2.75) is 6.92 Å². The van der Waals surface area contributed by atoms with Gasteiger partial charge >= 0.3 is 5.97 Å². The number of aromatic nitrogens is 1. The summed E-state index contributed by atoms with van der Waals surface area (Å²) in [6.07, 6.45) is 1.55. The second kappa shape index (κ2) is 3.54. The number of rotatable bonds is 0. The van der Waals surface area contributed by atoms with Gasteiger partial charge in [-0.05, 0) is 19.1 Å². The van der Waals surface area contributed by atoms with Gasteiger partial charge in [0.05, 0.1) is 0 Å². The Morgan fingerprint density at radius 1 is 1.58 bits per heavy atom. The van der Waals surface area contributed by atoms with Gasteiger partial charge in [-0.15, -0.1) is 0 Å². The second-order valence-electron chi connectivity index (χ2n) is 2.24. The first-order chi connectivity index (χ1) is 5.68. The number of hydrogen-bond acceptors (Lipinski definition) is 2. The molecule has 0 unspecified atom stereocenters. The Hall–Kier alpha value is -1.82. The topological polar surface area (TPSA) is 50.2 Å². The maximum absolute atomic E-state index is 10.0. The van der Waals surface area contributed by atoms with Crippen molar-refractivity contribution in [2.75, 3.05) is 0 Å². The van der Waals surface area contributed by atoms with Crippen molar-refractivity contribution in [1.29, 1.82) is 0 Å². The van der Waals surface area contributed by atoms with Crippen LogP contribution in [-0.4, -0.2) is 16.1 Å². The molecule has 0 fully saturated rings. The van der Waals surface area contributed by atoms with Gasteiger partial charge in [0.1, 0.15) is 0 Å². The average Bonchev–Trinajstić information content (AvgIpc) is 2.03. The maximum Gasteiger partial charge on any atom is 0.382 e. The van der Waals surface area contributed by atoms with E-state index in [1.165, 1.54) is 0 Å². The molecule has 0 aliphatic rings. The summed E-state index contributed by atoms with van der Waals surface area (Å²) < 4.78 is 0. The summed E-state index contributed by atoms with van der Waals surface area (Å²) in [6, 6.07) is 3.52. The highest BCUT2D eigenvalue weighted by atomic mass is 16.4. The molecule has 0 saturated heterocycles. The van der Waals surface area contributed by atoms with Gasteiger partial charge in [-0.3, -0.25) is 4.98 Å². The lowest BCUT2D eigenvalue weighted by Gasteiger charge is -1.89. The van der Waals surface area contributed by atoms with Crippen molar-refractivity contribution in [3.8, 4) is 11.8 Å². The number of aryl methyl sites for hydroxylation is 1. The van der Waals surface area contributed by atoms with Crippen molar-refractivity contribution in [1.82, 2.24) is 4.98 Å². The minimum atomic E-state index is -1.13. The van der Waals surface area contributed by atoms with Gasteiger partial charge < -0.3 is 5.11 Å². The van der Waals surface area contributed by atoms with Crippen LogP contribution in [0, 0.1) is 18.8 Å². The van der Waals surface area contributed by atoms with E-state index in [4.69, 9.17) is 5.11 Å². The number of carboxylic acids is 1. The Balaban J connectivity index is 2.86. The molecular weight excluding hydrogens is 154 g/mol. The summed E-state index contributed by atoms with van der Waals surface area (Å²) in [4.78, 5) is 14.0. The van der Waals surface area contributed by atoms with Crippen LogP contribution < -0.4 is 0 Å². The molecule has 0 radical (unpaired) electrons. The Labute approximate surface area is 70.1 Å². The van der Waals surface area contributed by atoms with E-state index in [-0.39, 0.29) is 0 Å². The lowest BCUT2D eigenvalue weighted by atomic mass is 10.2. The molecule has 0 bridgehead atoms. The highest BCUT2D eigenvalue weighted by Crippen LogP contribution is 1.95. The molecule has 0 spiro atoms. The Morgan fingerprint density at radius 2 is 2.33 bits per heavy atom. The second-order valence-corrected chi connectivity index (χ2v) is 2.24. The quantitative estimate of drug-likeness (QED) is 0.573. The third-order valence-electron chi connectivity index (χ3n) is 1.23. The zero-order chi connectivity index (χ0) is 8.97. The van der Waals surface area contributed by atoms with Crippen molar-refractivity contribution < 1.29 is 9.90 Å². The van der Waals surface area contributed by atoms with Crippen molar-refractivity contribution in [2.24, 2.45) is 0 Å². The van der Waals surface area contributed by atoms with Crippen LogP contribution in [0.2, 0.25) is 0 Å². The van der Waals surface area contributed by atoms with E-state index < -0.39 is 5.97 Å². The van der Waals surface area contributed by atoms with Gasteiger partial charge in [0.25, 0.3) is 0 Å². The van der Waals surface area contributed by atoms with Gasteiger partial charge in [0, 0.05) is 23.4 Å². The molecule has 1 aromatic heterocycles. The highest BCUT2D eigenvalue weighted by Gasteiger charge is 1.88. The van der Waals surface area contributed by atoms with Crippen molar-refractivity contribution in [3.05, 3.63) is 29.6 Å². The molecule has 1 heterocycles. The molecule has 1 aromatic rings. The summed E-state index contributed by atoms with van der Waals surface area (Å²) >= 11 is 0. The first kappa shape index (κ1) is 8.28. The molecular formula is C9H7NO2. The minimum absolute atomic E-state index is 0.614. The zero-order valence-electron chi connectivity index (χ0n) is 6.53. The van der Waals surface area contributed by atoms with E-state index in [0.717, 1.165) is 5.69 Å². The minimum Gasteiger partial charge on any atom is -0.472 e. The predicted molar refractivity (Wildman–Crippen MR) is 43.5 cm³/mol. The largest absolute Gasteiger partial charge is 0.472 e. The van der Waals surface area contributed by atoms with Gasteiger partial charge in [-0.2, -0.15) is 0 Å². The summed E-state index contributed by atoms with van der Waals surface area (Å²) in [6.45, 7) is 1.86. The fraction of sp³-hybridized carbons (Fsp3) is 0.111. The van der Waals surface area contributed by atoms with E-state index in [0.29, 0.717) is 5.56 Å². The van der Waals surface area contributed by atoms with Crippen LogP contribution in [0.15, 0.2) is 18.3 Å². The summed E-state index contributed by atoms with van der Waals surface area (Å²) in [5.74, 6) is 3.34. The molecule has 0 amide bonds. The average molecular weight is 161 g/mol. The number of carbonyl (C=O) groups is 1. The first-order valence-electron chi connectivity index (χ1n) is 3.36. The summed E-state index contributed by atoms with van der Waals surface area (Å²) in [5.41, 5.74) is 1.50. The fourth-order valence-electron chi connectivity index (χ4n) is 0.667. The molecule has 3 heteroatoms. The SMILES string of the molecule is Cc1ccc(C#CC(=O)O)cn1. The van der Waals surface area contributed by atoms with Gasteiger partial charge in [-0.1, -0.05) is 5.92 Å². The van der Waals surface area contributed by atoms with Crippen LogP contribution in [0.25, 0.3) is 0 Å². The summed E-state index contributed by atoms with van der Waals surface area (Å²) in [5, 5.41) is 8.24. The normalized spacial score (nSPS) is 8.42. The third-order valence-corrected chi connectivity index (χ3v) is 1.23. The van der Waals surface area contributed by atoms with Crippen LogP contribution in [0.1, 0.15) is 11.3 Å². The molecule has 0 atom stereocenters. The molecule has 1 rings (SSSR count). The van der Waals surface area contributed by atoms with E-state index in [9.17, 15) is 4.79 Å². The predicted octanol–water partition coefficient (Wildman–Crippen LogP) is 0.826. The van der Waals surface area contributed by atoms with E-state index in [1.807, 2.05) is 12.8 Å². The van der Waals surface area contributed by atoms with E-state index in [1.54, 1.807) is 18.3 Å². The maximum atomic E-state index is 10.0. The number of nitrogens with zero attached hydrogens (tertiary/aromatic N) is 1. The number of carboxylic acid groups (broad SMARTS) is 1. The van der Waals surface area contributed by atoms with E-state index >= 15 is 0 Å². The summed E-state index contributed by atoms with van der Waals surface area (Å²) in [7, 11) is 0. The molecule has 60 valence electrons. The van der Waals surface area contributed by atoms with Gasteiger partial charge in [-0.25, -0.2) is 4.79 Å². The number of aliphatic carboxylic acids is 1. The van der Waals surface area contributed by atoms with Crippen LogP contribution in [-0.2, 0) is 4.79 Å². The molecule has 3 nitrogen and oxygen atoms in total. The lowest BCUT2D eigenvalue weighted by molar-refractivity contribution is -0.130. The number of pyridine rings is 1. The Kier molecular flexibility index (Phi) is 2.44. The lowest BCUT2D eigenvalue weighted by Crippen LogP contribution is -1.87. The van der Waals surface area contributed by atoms with Crippen LogP contribution in [0.4, 0.5) is 0 Å². The molecule has 1 N–H and O–H groups in total. The number of hydrogen-bond donors (Lipinski definition) is 1. The molecule has 0 aliphatic heterocycles. The van der Waals surface area contributed by atoms with Gasteiger partial charge in [0.2, 0.25) is 0 Å². The van der Waals surface area contributed by atoms with Crippen molar-refractivity contribution in [3.63, 3.8) is 0 Å². The zero-order valence-corrected chi connectivity index (χ0v) is 6.53. The third kappa shape index (κ3) is 2.43. The highest BCUT2D eigenvalue weighted by molar-refractivity contribution is 5.87. The first-order valence-corrected chi connectivity index (χ1v) is 3.36. The van der Waals surface area contributed by atoms with Crippen LogP contribution in [0.3, 0.4) is 0 Å². The Morgan fingerprint density at radius 3 is 2.83 bits per heavy atom. The molecule has 12 heavy (non-hydrogen) atoms. The molecule has 0 saturated carbocycles. The standard InChI is InChI=1S/C9H7NO2/c1-7-2-3-8(6-10-7)4-5-9(11)12/h2-3,6H,1H3,(H,11,12). The fourth-order valence-corrected chi connectivity index (χ4v) is 0.667. The molecule has 0 aromatic carbocycles. The van der Waals surface area contributed by atoms with Gasteiger partial charge in [0.15, 0.2) is 0 Å². The van der Waals surface area contributed by atoms with Crippen LogP contribution in [0.5, 0.6) is 0 Å².